The summed E-state index contributed by atoms with van der Waals surface area (Å²) in [6.45, 7) is 4.35. The lowest BCUT2D eigenvalue weighted by molar-refractivity contribution is -0.144. The Hall–Kier alpha value is -1.02. The SMILES string of the molecule is CCOC(=O)[C@@H]1CSC(CCC2=N[C@H](C(=O)OCC)CS2)=N1. The third-order valence-electron chi connectivity index (χ3n) is 3.09. The summed E-state index contributed by atoms with van der Waals surface area (Å²) in [5, 5.41) is 1.92. The summed E-state index contributed by atoms with van der Waals surface area (Å²) >= 11 is 3.19. The number of thioether (sulfide) groups is 2. The van der Waals surface area contributed by atoms with Crippen LogP contribution in [-0.4, -0.2) is 58.8 Å². The Labute approximate surface area is 138 Å². The molecule has 2 heterocycles. The third kappa shape index (κ3) is 4.74. The zero-order valence-corrected chi connectivity index (χ0v) is 14.4. The van der Waals surface area contributed by atoms with Gasteiger partial charge in [-0.15, -0.1) is 23.5 Å². The molecule has 0 radical (unpaired) electrons. The largest absolute Gasteiger partial charge is 0.464 e. The van der Waals surface area contributed by atoms with Crippen molar-refractivity contribution in [2.75, 3.05) is 24.7 Å². The van der Waals surface area contributed by atoms with Crippen molar-refractivity contribution in [3.05, 3.63) is 0 Å². The lowest BCUT2D eigenvalue weighted by Gasteiger charge is -2.04. The molecule has 0 aromatic carbocycles. The molecule has 2 aliphatic rings. The van der Waals surface area contributed by atoms with Gasteiger partial charge in [-0.05, 0) is 13.8 Å². The highest BCUT2D eigenvalue weighted by atomic mass is 32.2. The second-order valence-corrected chi connectivity index (χ2v) is 6.89. The molecule has 122 valence electrons. The number of aliphatic imine (C=N–C) groups is 2. The van der Waals surface area contributed by atoms with E-state index in [0.29, 0.717) is 24.7 Å². The molecule has 0 fully saturated rings. The normalized spacial score (nSPS) is 23.9. The van der Waals surface area contributed by atoms with E-state index < -0.39 is 0 Å². The fourth-order valence-electron chi connectivity index (χ4n) is 2.05. The van der Waals surface area contributed by atoms with Crippen LogP contribution in [-0.2, 0) is 19.1 Å². The van der Waals surface area contributed by atoms with Gasteiger partial charge < -0.3 is 9.47 Å². The van der Waals surface area contributed by atoms with Crippen molar-refractivity contribution in [3.63, 3.8) is 0 Å². The molecular weight excluding hydrogens is 324 g/mol. The van der Waals surface area contributed by atoms with Gasteiger partial charge in [0.05, 0.1) is 23.3 Å². The van der Waals surface area contributed by atoms with Crippen molar-refractivity contribution in [2.24, 2.45) is 9.98 Å². The molecule has 0 saturated carbocycles. The van der Waals surface area contributed by atoms with E-state index >= 15 is 0 Å². The van der Waals surface area contributed by atoms with E-state index in [1.807, 2.05) is 0 Å². The zero-order valence-electron chi connectivity index (χ0n) is 12.7. The van der Waals surface area contributed by atoms with Gasteiger partial charge in [0.1, 0.15) is 0 Å². The Balaban J connectivity index is 1.79. The maximum absolute atomic E-state index is 11.6. The first-order valence-electron chi connectivity index (χ1n) is 7.36. The number of hydrogen-bond donors (Lipinski definition) is 0. The van der Waals surface area contributed by atoms with E-state index in [9.17, 15) is 9.59 Å². The lowest BCUT2D eigenvalue weighted by atomic mass is 10.3. The minimum atomic E-state index is -0.370. The van der Waals surface area contributed by atoms with E-state index in [2.05, 4.69) is 9.98 Å². The molecular formula is C14H20N2O4S2. The van der Waals surface area contributed by atoms with Crippen LogP contribution in [0, 0.1) is 0 Å². The maximum Gasteiger partial charge on any atom is 0.331 e. The summed E-state index contributed by atoms with van der Waals surface area (Å²) in [4.78, 5) is 32.0. The average Bonchev–Trinajstić information content (AvgIpc) is 3.15. The van der Waals surface area contributed by atoms with Gasteiger partial charge in [-0.1, -0.05) is 0 Å². The monoisotopic (exact) mass is 344 g/mol. The van der Waals surface area contributed by atoms with Gasteiger partial charge in [0.25, 0.3) is 0 Å². The van der Waals surface area contributed by atoms with E-state index in [1.165, 1.54) is 0 Å². The van der Waals surface area contributed by atoms with Gasteiger partial charge in [0.15, 0.2) is 12.1 Å². The van der Waals surface area contributed by atoms with E-state index in [0.717, 1.165) is 22.9 Å². The number of carbonyl (C=O) groups is 2. The molecule has 8 heteroatoms. The van der Waals surface area contributed by atoms with Gasteiger partial charge in [0, 0.05) is 24.3 Å². The summed E-state index contributed by atoms with van der Waals surface area (Å²) in [7, 11) is 0. The molecule has 22 heavy (non-hydrogen) atoms. The Bertz CT molecular complexity index is 449. The second-order valence-electron chi connectivity index (χ2n) is 4.70. The zero-order chi connectivity index (χ0) is 15.9. The molecule has 0 bridgehead atoms. The molecule has 0 aromatic heterocycles. The molecule has 0 saturated heterocycles. The van der Waals surface area contributed by atoms with Crippen LogP contribution in [0.25, 0.3) is 0 Å². The molecule has 0 spiro atoms. The average molecular weight is 344 g/mol. The predicted molar refractivity (Wildman–Crippen MR) is 89.9 cm³/mol. The molecule has 0 amide bonds. The minimum absolute atomic E-state index is 0.250. The van der Waals surface area contributed by atoms with Crippen LogP contribution in [0.4, 0.5) is 0 Å². The highest BCUT2D eigenvalue weighted by Gasteiger charge is 2.28. The Morgan fingerprint density at radius 3 is 1.73 bits per heavy atom. The number of hydrogen-bond acceptors (Lipinski definition) is 8. The number of carbonyl (C=O) groups excluding carboxylic acids is 2. The Kier molecular flexibility index (Phi) is 6.75. The van der Waals surface area contributed by atoms with Gasteiger partial charge >= 0.3 is 11.9 Å². The molecule has 2 aliphatic heterocycles. The second kappa shape index (κ2) is 8.57. The van der Waals surface area contributed by atoms with Crippen molar-refractivity contribution < 1.29 is 19.1 Å². The molecule has 2 rings (SSSR count). The topological polar surface area (TPSA) is 77.3 Å². The van der Waals surface area contributed by atoms with E-state index in [1.54, 1.807) is 37.4 Å². The van der Waals surface area contributed by atoms with Gasteiger partial charge in [-0.2, -0.15) is 0 Å². The highest BCUT2D eigenvalue weighted by Crippen LogP contribution is 2.26. The first kappa shape index (κ1) is 17.3. The Morgan fingerprint density at radius 2 is 1.36 bits per heavy atom. The van der Waals surface area contributed by atoms with Crippen molar-refractivity contribution in [3.8, 4) is 0 Å². The summed E-state index contributed by atoms with van der Waals surface area (Å²) < 4.78 is 9.95. The van der Waals surface area contributed by atoms with Crippen molar-refractivity contribution in [1.82, 2.24) is 0 Å². The van der Waals surface area contributed by atoms with E-state index in [4.69, 9.17) is 9.47 Å². The number of ether oxygens (including phenoxy) is 2. The van der Waals surface area contributed by atoms with Crippen LogP contribution in [0.15, 0.2) is 9.98 Å². The standard InChI is InChI=1S/C14H20N2O4S2/c1-3-19-13(17)9-7-21-11(15-9)5-6-12-16-10(8-22-12)14(18)20-4-2/h9-10H,3-8H2,1-2H3/t9-,10-/m0/s1. The van der Waals surface area contributed by atoms with Gasteiger partial charge in [-0.25, -0.2) is 9.59 Å². The van der Waals surface area contributed by atoms with Crippen LogP contribution >= 0.6 is 23.5 Å². The van der Waals surface area contributed by atoms with Crippen molar-refractivity contribution in [1.29, 1.82) is 0 Å². The molecule has 0 unspecified atom stereocenters. The number of rotatable bonds is 7. The third-order valence-corrected chi connectivity index (χ3v) is 5.34. The molecule has 0 aliphatic carbocycles. The quantitative estimate of drug-likeness (QED) is 0.657. The van der Waals surface area contributed by atoms with Crippen LogP contribution in [0.2, 0.25) is 0 Å². The Morgan fingerprint density at radius 1 is 0.955 bits per heavy atom. The first-order valence-corrected chi connectivity index (χ1v) is 9.33. The minimum Gasteiger partial charge on any atom is -0.464 e. The summed E-state index contributed by atoms with van der Waals surface area (Å²) in [5.41, 5.74) is 0. The number of esters is 2. The van der Waals surface area contributed by atoms with Crippen LogP contribution < -0.4 is 0 Å². The molecule has 0 N–H and O–H groups in total. The van der Waals surface area contributed by atoms with Crippen molar-refractivity contribution >= 4 is 45.5 Å². The van der Waals surface area contributed by atoms with Gasteiger partial charge in [-0.3, -0.25) is 9.98 Å². The smallest absolute Gasteiger partial charge is 0.331 e. The van der Waals surface area contributed by atoms with E-state index in [-0.39, 0.29) is 24.0 Å². The first-order chi connectivity index (χ1) is 10.6. The van der Waals surface area contributed by atoms with Crippen LogP contribution in [0.3, 0.4) is 0 Å². The van der Waals surface area contributed by atoms with Crippen molar-refractivity contribution in [2.45, 2.75) is 38.8 Å². The summed E-state index contributed by atoms with van der Waals surface area (Å²) in [6, 6.07) is -0.740. The fraction of sp³-hybridized carbons (Fsp3) is 0.714. The van der Waals surface area contributed by atoms with Crippen LogP contribution in [0.1, 0.15) is 26.7 Å². The predicted octanol–water partition coefficient (Wildman–Crippen LogP) is 1.92. The summed E-state index contributed by atoms with van der Waals surface area (Å²) in [5.74, 6) is 0.804. The molecule has 6 nitrogen and oxygen atoms in total. The fourth-order valence-corrected chi connectivity index (χ4v) is 4.07. The number of nitrogens with zero attached hydrogens (tertiary/aromatic N) is 2. The maximum atomic E-state index is 11.6. The van der Waals surface area contributed by atoms with Crippen LogP contribution in [0.5, 0.6) is 0 Å². The van der Waals surface area contributed by atoms with Gasteiger partial charge in [0.2, 0.25) is 0 Å². The molecule has 0 aromatic rings. The molecule has 2 atom stereocenters. The lowest BCUT2D eigenvalue weighted by Crippen LogP contribution is -2.21. The highest BCUT2D eigenvalue weighted by molar-refractivity contribution is 8.14. The summed E-state index contributed by atoms with van der Waals surface area (Å²) in [6.07, 6.45) is 1.50.